The summed E-state index contributed by atoms with van der Waals surface area (Å²) in [6.45, 7) is 0. The van der Waals surface area contributed by atoms with Crippen molar-refractivity contribution in [2.75, 3.05) is 0 Å². The van der Waals surface area contributed by atoms with E-state index in [1.165, 1.54) is 16.8 Å². The van der Waals surface area contributed by atoms with Crippen LogP contribution in [0.15, 0.2) is 188 Å². The van der Waals surface area contributed by atoms with Crippen LogP contribution < -0.4 is 0 Å². The van der Waals surface area contributed by atoms with Crippen molar-refractivity contribution < 1.29 is 8.78 Å². The van der Waals surface area contributed by atoms with Crippen molar-refractivity contribution in [3.05, 3.63) is 200 Å². The van der Waals surface area contributed by atoms with Gasteiger partial charge >= 0.3 is 0 Å². The number of halogens is 2. The molecule has 0 radical (unpaired) electrons. The van der Waals surface area contributed by atoms with Gasteiger partial charge in [-0.25, -0.2) is 23.7 Å². The van der Waals surface area contributed by atoms with Crippen molar-refractivity contribution in [1.82, 2.24) is 24.1 Å². The fourth-order valence-electron chi connectivity index (χ4n) is 8.29. The summed E-state index contributed by atoms with van der Waals surface area (Å²) in [4.78, 5) is 15.2. The third kappa shape index (κ3) is 5.39. The topological polar surface area (TPSA) is 48.5 Å². The van der Waals surface area contributed by atoms with Crippen LogP contribution in [0.5, 0.6) is 0 Å². The van der Waals surface area contributed by atoms with Gasteiger partial charge in [-0.15, -0.1) is 0 Å². The molecule has 58 heavy (non-hydrogen) atoms. The standard InChI is InChI=1S/C51H31F2N5/c52-42-22-13-21-36(48(42)53)34-26-28-41(51-55-49(32-14-3-1-4-15-32)54-50(56-51)33-16-5-2-6-17-33)46(30-34)58-45-25-12-9-20-39(45)40-29-27-35(31-47(40)58)57-43-23-10-7-18-37(43)38-19-8-11-24-44(38)57/h1-31H. The second kappa shape index (κ2) is 13.5. The van der Waals surface area contributed by atoms with Gasteiger partial charge in [0.25, 0.3) is 0 Å². The zero-order valence-corrected chi connectivity index (χ0v) is 30.9. The molecule has 3 heterocycles. The van der Waals surface area contributed by atoms with E-state index in [0.29, 0.717) is 34.3 Å². The Morgan fingerprint density at radius 1 is 0.345 bits per heavy atom. The maximum Gasteiger partial charge on any atom is 0.166 e. The van der Waals surface area contributed by atoms with Gasteiger partial charge in [-0.3, -0.25) is 0 Å². The Morgan fingerprint density at radius 3 is 1.47 bits per heavy atom. The van der Waals surface area contributed by atoms with E-state index in [-0.39, 0.29) is 5.56 Å². The quantitative estimate of drug-likeness (QED) is 0.170. The van der Waals surface area contributed by atoms with Gasteiger partial charge in [0.2, 0.25) is 0 Å². The molecule has 3 aromatic heterocycles. The summed E-state index contributed by atoms with van der Waals surface area (Å²) < 4.78 is 34.9. The van der Waals surface area contributed by atoms with Crippen LogP contribution in [-0.2, 0) is 0 Å². The van der Waals surface area contributed by atoms with Gasteiger partial charge in [0.05, 0.1) is 27.8 Å². The van der Waals surface area contributed by atoms with E-state index in [1.807, 2.05) is 91.0 Å². The molecule has 0 saturated heterocycles. The molecule has 0 amide bonds. The molecule has 11 aromatic rings. The predicted molar refractivity (Wildman–Crippen MR) is 230 cm³/mol. The first kappa shape index (κ1) is 33.6. The zero-order valence-electron chi connectivity index (χ0n) is 30.9. The minimum absolute atomic E-state index is 0.158. The van der Waals surface area contributed by atoms with Crippen molar-refractivity contribution in [3.63, 3.8) is 0 Å². The number of hydrogen-bond donors (Lipinski definition) is 0. The molecule has 8 aromatic carbocycles. The molecule has 0 aliphatic heterocycles. The lowest BCUT2D eigenvalue weighted by atomic mass is 10.0. The number of rotatable bonds is 6. The number of nitrogens with zero attached hydrogens (tertiary/aromatic N) is 5. The van der Waals surface area contributed by atoms with Crippen LogP contribution in [0.1, 0.15) is 0 Å². The summed E-state index contributed by atoms with van der Waals surface area (Å²) >= 11 is 0. The number of aromatic nitrogens is 5. The molecule has 0 bridgehead atoms. The summed E-state index contributed by atoms with van der Waals surface area (Å²) in [6, 6.07) is 61.3. The smallest absolute Gasteiger partial charge is 0.166 e. The Hall–Kier alpha value is -7.77. The lowest BCUT2D eigenvalue weighted by Crippen LogP contribution is -2.04. The second-order valence-corrected chi connectivity index (χ2v) is 14.3. The van der Waals surface area contributed by atoms with E-state index < -0.39 is 11.6 Å². The van der Waals surface area contributed by atoms with Crippen LogP contribution in [0.4, 0.5) is 8.78 Å². The Morgan fingerprint density at radius 2 is 0.862 bits per heavy atom. The highest BCUT2D eigenvalue weighted by Crippen LogP contribution is 2.40. The van der Waals surface area contributed by atoms with Crippen molar-refractivity contribution in [2.24, 2.45) is 0 Å². The van der Waals surface area contributed by atoms with Gasteiger partial charge in [-0.05, 0) is 54.1 Å². The Balaban J connectivity index is 1.24. The molecule has 0 atom stereocenters. The number of para-hydroxylation sites is 3. The van der Waals surface area contributed by atoms with Crippen molar-refractivity contribution >= 4 is 43.6 Å². The lowest BCUT2D eigenvalue weighted by Gasteiger charge is -2.17. The van der Waals surface area contributed by atoms with Crippen molar-refractivity contribution in [2.45, 2.75) is 0 Å². The molecular formula is C51H31F2N5. The van der Waals surface area contributed by atoms with Crippen LogP contribution in [0.2, 0.25) is 0 Å². The summed E-state index contributed by atoms with van der Waals surface area (Å²) in [5, 5.41) is 4.43. The largest absolute Gasteiger partial charge is 0.309 e. The van der Waals surface area contributed by atoms with Crippen LogP contribution in [0.25, 0.3) is 100 Å². The highest BCUT2D eigenvalue weighted by atomic mass is 19.2. The van der Waals surface area contributed by atoms with Gasteiger partial charge < -0.3 is 9.13 Å². The average Bonchev–Trinajstić information content (AvgIpc) is 3.80. The monoisotopic (exact) mass is 751 g/mol. The van der Waals surface area contributed by atoms with E-state index in [0.717, 1.165) is 55.7 Å². The highest BCUT2D eigenvalue weighted by molar-refractivity contribution is 6.12. The molecule has 0 spiro atoms. The first-order valence-corrected chi connectivity index (χ1v) is 19.1. The minimum Gasteiger partial charge on any atom is -0.309 e. The Bertz CT molecular complexity index is 3260. The molecule has 0 saturated carbocycles. The normalized spacial score (nSPS) is 11.6. The Labute approximate surface area is 331 Å². The Kier molecular flexibility index (Phi) is 7.79. The molecular weight excluding hydrogens is 721 g/mol. The zero-order chi connectivity index (χ0) is 38.7. The number of benzene rings is 8. The van der Waals surface area contributed by atoms with Gasteiger partial charge in [0.1, 0.15) is 0 Å². The van der Waals surface area contributed by atoms with Gasteiger partial charge in [0.15, 0.2) is 29.1 Å². The van der Waals surface area contributed by atoms with E-state index in [4.69, 9.17) is 15.0 Å². The molecule has 11 rings (SSSR count). The van der Waals surface area contributed by atoms with Crippen molar-refractivity contribution in [1.29, 1.82) is 0 Å². The summed E-state index contributed by atoms with van der Waals surface area (Å²) in [5.74, 6) is -0.334. The fourth-order valence-corrected chi connectivity index (χ4v) is 8.29. The van der Waals surface area contributed by atoms with E-state index in [2.05, 4.69) is 88.0 Å². The van der Waals surface area contributed by atoms with Crippen LogP contribution in [0.3, 0.4) is 0 Å². The first-order valence-electron chi connectivity index (χ1n) is 19.1. The third-order valence-electron chi connectivity index (χ3n) is 10.9. The van der Waals surface area contributed by atoms with E-state index in [1.54, 1.807) is 6.07 Å². The SMILES string of the molecule is Fc1cccc(-c2ccc(-c3nc(-c4ccccc4)nc(-c4ccccc4)n3)c(-n3c4ccccc4c4ccc(-n5c6ccccc6c6ccccc65)cc43)c2)c1F. The molecule has 0 N–H and O–H groups in total. The third-order valence-corrected chi connectivity index (χ3v) is 10.9. The minimum atomic E-state index is -0.909. The number of hydrogen-bond acceptors (Lipinski definition) is 3. The predicted octanol–water partition coefficient (Wildman–Crippen LogP) is 13.0. The molecule has 5 nitrogen and oxygen atoms in total. The molecule has 0 aliphatic carbocycles. The summed E-state index contributed by atoms with van der Waals surface area (Å²) in [5.41, 5.74) is 8.82. The van der Waals surface area contributed by atoms with Crippen LogP contribution in [0, 0.1) is 11.6 Å². The highest BCUT2D eigenvalue weighted by Gasteiger charge is 2.22. The van der Waals surface area contributed by atoms with Gasteiger partial charge in [0, 0.05) is 49.5 Å². The fraction of sp³-hybridized carbons (Fsp3) is 0. The van der Waals surface area contributed by atoms with E-state index >= 15 is 4.39 Å². The lowest BCUT2D eigenvalue weighted by molar-refractivity contribution is 0.511. The van der Waals surface area contributed by atoms with Crippen LogP contribution in [-0.4, -0.2) is 24.1 Å². The second-order valence-electron chi connectivity index (χ2n) is 14.3. The average molecular weight is 752 g/mol. The molecule has 7 heteroatoms. The molecule has 0 aliphatic rings. The van der Waals surface area contributed by atoms with Gasteiger partial charge in [-0.2, -0.15) is 0 Å². The first-order chi connectivity index (χ1) is 28.6. The summed E-state index contributed by atoms with van der Waals surface area (Å²) in [7, 11) is 0. The van der Waals surface area contributed by atoms with Crippen LogP contribution >= 0.6 is 0 Å². The molecule has 0 fully saturated rings. The maximum atomic E-state index is 15.6. The molecule has 274 valence electrons. The molecule has 0 unspecified atom stereocenters. The maximum absolute atomic E-state index is 15.6. The van der Waals surface area contributed by atoms with E-state index in [9.17, 15) is 4.39 Å². The number of fused-ring (bicyclic) bond motifs is 6. The van der Waals surface area contributed by atoms with Gasteiger partial charge in [-0.1, -0.05) is 140 Å². The summed E-state index contributed by atoms with van der Waals surface area (Å²) in [6.07, 6.45) is 0. The van der Waals surface area contributed by atoms with Crippen molar-refractivity contribution in [3.8, 4) is 56.7 Å².